The van der Waals surface area contributed by atoms with E-state index >= 15 is 0 Å². The Kier molecular flexibility index (Phi) is 5.30. The topological polar surface area (TPSA) is 87.4 Å². The molecule has 1 aliphatic rings. The summed E-state index contributed by atoms with van der Waals surface area (Å²) >= 11 is 0. The number of aromatic nitrogens is 3. The zero-order valence-corrected chi connectivity index (χ0v) is 14.4. The zero-order valence-electron chi connectivity index (χ0n) is 14.4. The van der Waals surface area contributed by atoms with Crippen LogP contribution in [0.5, 0.6) is 0 Å². The Morgan fingerprint density at radius 2 is 2.36 bits per heavy atom. The number of carbonyl (C=O) groups excluding carboxylic acids is 1. The van der Waals surface area contributed by atoms with E-state index in [2.05, 4.69) is 10.4 Å². The molecule has 1 amide bonds. The van der Waals surface area contributed by atoms with Gasteiger partial charge in [-0.25, -0.2) is 0 Å². The highest BCUT2D eigenvalue weighted by Crippen LogP contribution is 2.26. The number of nitrogens with one attached hydrogen (secondary N) is 1. The van der Waals surface area contributed by atoms with Gasteiger partial charge in [0.1, 0.15) is 5.56 Å². The number of methoxy groups -OCH3 is 1. The van der Waals surface area contributed by atoms with E-state index in [1.807, 2.05) is 10.9 Å². The van der Waals surface area contributed by atoms with Gasteiger partial charge in [0.05, 0.1) is 38.3 Å². The normalized spacial score (nSPS) is 16.5. The number of pyridine rings is 1. The molecule has 2 aromatic rings. The van der Waals surface area contributed by atoms with E-state index in [0.717, 1.165) is 11.3 Å². The molecule has 0 bridgehead atoms. The van der Waals surface area contributed by atoms with E-state index < -0.39 is 0 Å². The van der Waals surface area contributed by atoms with Crippen molar-refractivity contribution in [3.8, 4) is 0 Å². The van der Waals surface area contributed by atoms with Gasteiger partial charge in [-0.15, -0.1) is 0 Å². The van der Waals surface area contributed by atoms with Crippen LogP contribution in [0, 0.1) is 0 Å². The quantitative estimate of drug-likeness (QED) is 0.811. The summed E-state index contributed by atoms with van der Waals surface area (Å²) in [6.07, 6.45) is 3.45. The van der Waals surface area contributed by atoms with Gasteiger partial charge in [-0.2, -0.15) is 5.10 Å². The van der Waals surface area contributed by atoms with Crippen molar-refractivity contribution >= 4 is 5.91 Å². The van der Waals surface area contributed by atoms with Gasteiger partial charge in [-0.05, 0) is 12.1 Å². The molecular formula is C17H22N4O4. The lowest BCUT2D eigenvalue weighted by atomic mass is 9.98. The molecule has 0 radical (unpaired) electrons. The van der Waals surface area contributed by atoms with Crippen molar-refractivity contribution in [1.82, 2.24) is 19.7 Å². The molecule has 8 heteroatoms. The van der Waals surface area contributed by atoms with Crippen LogP contribution in [0.2, 0.25) is 0 Å². The minimum atomic E-state index is -0.375. The zero-order chi connectivity index (χ0) is 17.8. The van der Waals surface area contributed by atoms with Crippen molar-refractivity contribution in [3.05, 3.63) is 51.7 Å². The van der Waals surface area contributed by atoms with Gasteiger partial charge in [0, 0.05) is 38.4 Å². The van der Waals surface area contributed by atoms with Gasteiger partial charge in [0.15, 0.2) is 0 Å². The minimum Gasteiger partial charge on any atom is -0.383 e. The van der Waals surface area contributed by atoms with Crippen LogP contribution in [-0.2, 0) is 29.7 Å². The standard InChI is InChI=1S/C17H22N4O4/c1-20-5-3-4-13(17(20)23)16(22)18-8-12-10-25-11-15-14(12)9-19-21(15)6-7-24-2/h3-5,9,12H,6-8,10-11H2,1-2H3,(H,18,22). The van der Waals surface area contributed by atoms with E-state index in [1.165, 1.54) is 10.6 Å². The van der Waals surface area contributed by atoms with Gasteiger partial charge in [-0.1, -0.05) is 0 Å². The van der Waals surface area contributed by atoms with Crippen molar-refractivity contribution in [3.63, 3.8) is 0 Å². The Morgan fingerprint density at radius 1 is 1.52 bits per heavy atom. The van der Waals surface area contributed by atoms with Crippen LogP contribution >= 0.6 is 0 Å². The van der Waals surface area contributed by atoms with Crippen molar-refractivity contribution in [2.24, 2.45) is 7.05 Å². The molecule has 2 aromatic heterocycles. The Morgan fingerprint density at radius 3 is 3.16 bits per heavy atom. The first-order valence-electron chi connectivity index (χ1n) is 8.17. The summed E-state index contributed by atoms with van der Waals surface area (Å²) < 4.78 is 14.0. The van der Waals surface area contributed by atoms with Crippen LogP contribution in [0.25, 0.3) is 0 Å². The number of hydrogen-bond donors (Lipinski definition) is 1. The molecule has 1 aliphatic heterocycles. The number of nitrogens with zero attached hydrogens (tertiary/aromatic N) is 3. The molecule has 8 nitrogen and oxygen atoms in total. The summed E-state index contributed by atoms with van der Waals surface area (Å²) in [5.41, 5.74) is 1.91. The first kappa shape index (κ1) is 17.4. The van der Waals surface area contributed by atoms with Crippen LogP contribution < -0.4 is 10.9 Å². The molecule has 0 aromatic carbocycles. The van der Waals surface area contributed by atoms with Crippen LogP contribution in [0.4, 0.5) is 0 Å². The second-order valence-corrected chi connectivity index (χ2v) is 6.02. The monoisotopic (exact) mass is 346 g/mol. The molecule has 0 spiro atoms. The van der Waals surface area contributed by atoms with Crippen LogP contribution in [0.1, 0.15) is 27.5 Å². The summed E-state index contributed by atoms with van der Waals surface area (Å²) in [6, 6.07) is 3.21. The molecule has 134 valence electrons. The van der Waals surface area contributed by atoms with Crippen LogP contribution in [-0.4, -0.2) is 47.1 Å². The summed E-state index contributed by atoms with van der Waals surface area (Å²) in [4.78, 5) is 24.3. The summed E-state index contributed by atoms with van der Waals surface area (Å²) in [7, 11) is 3.27. The van der Waals surface area contributed by atoms with Crippen molar-refractivity contribution in [2.45, 2.75) is 19.1 Å². The number of ether oxygens (including phenoxy) is 2. The number of rotatable bonds is 6. The van der Waals surface area contributed by atoms with Crippen molar-refractivity contribution < 1.29 is 14.3 Å². The fraction of sp³-hybridized carbons (Fsp3) is 0.471. The lowest BCUT2D eigenvalue weighted by Crippen LogP contribution is -2.36. The number of hydrogen-bond acceptors (Lipinski definition) is 5. The average Bonchev–Trinajstić information content (AvgIpc) is 3.04. The van der Waals surface area contributed by atoms with E-state index in [0.29, 0.717) is 32.9 Å². The molecule has 1 atom stereocenters. The highest BCUT2D eigenvalue weighted by atomic mass is 16.5. The molecule has 1 unspecified atom stereocenters. The lowest BCUT2D eigenvalue weighted by molar-refractivity contribution is 0.0795. The fourth-order valence-electron chi connectivity index (χ4n) is 2.93. The van der Waals surface area contributed by atoms with E-state index in [4.69, 9.17) is 9.47 Å². The third-order valence-corrected chi connectivity index (χ3v) is 4.36. The number of fused-ring (bicyclic) bond motifs is 1. The molecule has 3 rings (SSSR count). The Labute approximate surface area is 145 Å². The van der Waals surface area contributed by atoms with Gasteiger partial charge in [0.25, 0.3) is 11.5 Å². The minimum absolute atomic E-state index is 0.0107. The average molecular weight is 346 g/mol. The highest BCUT2D eigenvalue weighted by Gasteiger charge is 2.25. The van der Waals surface area contributed by atoms with Gasteiger partial charge < -0.3 is 19.4 Å². The maximum absolute atomic E-state index is 12.3. The third kappa shape index (κ3) is 3.64. The van der Waals surface area contributed by atoms with Gasteiger partial charge in [-0.3, -0.25) is 14.3 Å². The van der Waals surface area contributed by atoms with E-state index in [9.17, 15) is 9.59 Å². The largest absolute Gasteiger partial charge is 0.383 e. The van der Waals surface area contributed by atoms with Crippen molar-refractivity contribution in [2.75, 3.05) is 26.9 Å². The first-order chi connectivity index (χ1) is 12.1. The summed E-state index contributed by atoms with van der Waals surface area (Å²) in [6.45, 7) is 2.64. The maximum atomic E-state index is 12.3. The molecule has 0 saturated carbocycles. The second kappa shape index (κ2) is 7.62. The Balaban J connectivity index is 1.69. The highest BCUT2D eigenvalue weighted by molar-refractivity contribution is 5.93. The molecule has 0 aliphatic carbocycles. The number of carbonyl (C=O) groups is 1. The summed E-state index contributed by atoms with van der Waals surface area (Å²) in [5.74, 6) is -0.364. The first-order valence-corrected chi connectivity index (χ1v) is 8.17. The molecule has 0 fully saturated rings. The third-order valence-electron chi connectivity index (χ3n) is 4.36. The number of aryl methyl sites for hydroxylation is 1. The number of amides is 1. The van der Waals surface area contributed by atoms with Gasteiger partial charge in [0.2, 0.25) is 0 Å². The summed E-state index contributed by atoms with van der Waals surface area (Å²) in [5, 5.41) is 7.22. The van der Waals surface area contributed by atoms with Crippen LogP contribution in [0.3, 0.4) is 0 Å². The second-order valence-electron chi connectivity index (χ2n) is 6.02. The SMILES string of the molecule is COCCn1ncc2c1COCC2CNC(=O)c1cccn(C)c1=O. The van der Waals surface area contributed by atoms with Crippen molar-refractivity contribution in [1.29, 1.82) is 0 Å². The fourth-order valence-corrected chi connectivity index (χ4v) is 2.93. The molecule has 0 saturated heterocycles. The molecule has 3 heterocycles. The van der Waals surface area contributed by atoms with Gasteiger partial charge >= 0.3 is 0 Å². The smallest absolute Gasteiger partial charge is 0.263 e. The predicted molar refractivity (Wildman–Crippen MR) is 90.5 cm³/mol. The maximum Gasteiger partial charge on any atom is 0.263 e. The lowest BCUT2D eigenvalue weighted by Gasteiger charge is -2.23. The van der Waals surface area contributed by atoms with Crippen LogP contribution in [0.15, 0.2) is 29.3 Å². The molecule has 25 heavy (non-hydrogen) atoms. The predicted octanol–water partition coefficient (Wildman–Crippen LogP) is 0.272. The Bertz CT molecular complexity index is 811. The van der Waals surface area contributed by atoms with E-state index in [-0.39, 0.29) is 22.9 Å². The molecular weight excluding hydrogens is 324 g/mol. The Hall–Kier alpha value is -2.45. The molecule has 1 N–H and O–H groups in total. The van der Waals surface area contributed by atoms with E-state index in [1.54, 1.807) is 26.4 Å².